The predicted octanol–water partition coefficient (Wildman–Crippen LogP) is 3.91. The molecule has 0 bridgehead atoms. The Morgan fingerprint density at radius 2 is 1.61 bits per heavy atom. The third-order valence-electron chi connectivity index (χ3n) is 4.14. The van der Waals surface area contributed by atoms with Gasteiger partial charge in [0.15, 0.2) is 0 Å². The highest BCUT2D eigenvalue weighted by molar-refractivity contribution is 6.04. The first-order chi connectivity index (χ1) is 13.6. The summed E-state index contributed by atoms with van der Waals surface area (Å²) in [5.41, 5.74) is 2.85. The predicted molar refractivity (Wildman–Crippen MR) is 109 cm³/mol. The van der Waals surface area contributed by atoms with Gasteiger partial charge in [0, 0.05) is 35.8 Å². The number of hydrogen-bond donors (Lipinski definition) is 2. The molecular formula is C22H21N3O3. The van der Waals surface area contributed by atoms with Gasteiger partial charge in [0.25, 0.3) is 5.91 Å². The number of rotatable bonds is 7. The van der Waals surface area contributed by atoms with Crippen molar-refractivity contribution >= 4 is 23.2 Å². The lowest BCUT2D eigenvalue weighted by molar-refractivity contribution is -0.116. The Hall–Kier alpha value is -3.67. The summed E-state index contributed by atoms with van der Waals surface area (Å²) < 4.78 is 5.10. The number of methoxy groups -OCH3 is 1. The Morgan fingerprint density at radius 3 is 2.25 bits per heavy atom. The van der Waals surface area contributed by atoms with Gasteiger partial charge in [-0.1, -0.05) is 6.07 Å². The summed E-state index contributed by atoms with van der Waals surface area (Å²) >= 11 is 0. The van der Waals surface area contributed by atoms with Crippen LogP contribution in [0.15, 0.2) is 73.1 Å². The van der Waals surface area contributed by atoms with Crippen LogP contribution < -0.4 is 15.4 Å². The molecule has 0 aliphatic heterocycles. The summed E-state index contributed by atoms with van der Waals surface area (Å²) in [7, 11) is 1.59. The summed E-state index contributed by atoms with van der Waals surface area (Å²) in [5.74, 6) is 0.417. The molecule has 0 spiro atoms. The van der Waals surface area contributed by atoms with E-state index in [2.05, 4.69) is 15.6 Å². The number of carbonyl (C=O) groups excluding carboxylic acids is 2. The van der Waals surface area contributed by atoms with E-state index in [0.29, 0.717) is 29.8 Å². The summed E-state index contributed by atoms with van der Waals surface area (Å²) in [6, 6.07) is 17.7. The topological polar surface area (TPSA) is 80.3 Å². The number of nitrogens with zero attached hydrogens (tertiary/aromatic N) is 1. The van der Waals surface area contributed by atoms with E-state index >= 15 is 0 Å². The van der Waals surface area contributed by atoms with Crippen LogP contribution in [-0.2, 0) is 11.2 Å². The number of carbonyl (C=O) groups is 2. The number of pyridine rings is 1. The second-order valence-corrected chi connectivity index (χ2v) is 6.17. The van der Waals surface area contributed by atoms with Crippen LogP contribution >= 0.6 is 0 Å². The monoisotopic (exact) mass is 375 g/mol. The average Bonchev–Trinajstić information content (AvgIpc) is 2.74. The van der Waals surface area contributed by atoms with Gasteiger partial charge in [-0.2, -0.15) is 0 Å². The lowest BCUT2D eigenvalue weighted by atomic mass is 10.1. The van der Waals surface area contributed by atoms with Crippen LogP contribution in [0.5, 0.6) is 5.75 Å². The molecule has 0 atom stereocenters. The third-order valence-corrected chi connectivity index (χ3v) is 4.14. The van der Waals surface area contributed by atoms with Crippen molar-refractivity contribution in [1.82, 2.24) is 4.98 Å². The highest BCUT2D eigenvalue weighted by Gasteiger charge is 2.08. The largest absolute Gasteiger partial charge is 0.497 e. The van der Waals surface area contributed by atoms with Crippen molar-refractivity contribution in [3.8, 4) is 5.75 Å². The van der Waals surface area contributed by atoms with Crippen molar-refractivity contribution < 1.29 is 14.3 Å². The summed E-state index contributed by atoms with van der Waals surface area (Å²) in [6.45, 7) is 0. The maximum Gasteiger partial charge on any atom is 0.255 e. The quantitative estimate of drug-likeness (QED) is 0.656. The highest BCUT2D eigenvalue weighted by atomic mass is 16.5. The van der Waals surface area contributed by atoms with Crippen molar-refractivity contribution in [3.05, 3.63) is 84.2 Å². The molecule has 142 valence electrons. The third kappa shape index (κ3) is 5.41. The fourth-order valence-corrected chi connectivity index (χ4v) is 2.61. The number of ether oxygens (including phenoxy) is 1. The van der Waals surface area contributed by atoms with Gasteiger partial charge in [0.2, 0.25) is 5.91 Å². The van der Waals surface area contributed by atoms with Gasteiger partial charge in [0.1, 0.15) is 5.75 Å². The van der Waals surface area contributed by atoms with Crippen molar-refractivity contribution in [3.63, 3.8) is 0 Å². The van der Waals surface area contributed by atoms with Gasteiger partial charge in [-0.05, 0) is 66.6 Å². The molecular weight excluding hydrogens is 354 g/mol. The molecule has 3 rings (SSSR count). The molecule has 0 aliphatic carbocycles. The molecule has 0 aliphatic rings. The highest BCUT2D eigenvalue weighted by Crippen LogP contribution is 2.17. The standard InChI is InChI=1S/C22H21N3O3/c1-28-20-11-9-19(10-12-20)25-22(27)17-5-7-18(8-6-17)24-21(26)13-4-16-3-2-14-23-15-16/h2-3,5-12,14-15H,4,13H2,1H3,(H,24,26)(H,25,27). The zero-order chi connectivity index (χ0) is 19.8. The summed E-state index contributed by atoms with van der Waals surface area (Å²) in [6.07, 6.45) is 4.45. The number of hydrogen-bond acceptors (Lipinski definition) is 4. The van der Waals surface area contributed by atoms with Crippen molar-refractivity contribution in [1.29, 1.82) is 0 Å². The smallest absolute Gasteiger partial charge is 0.255 e. The van der Waals surface area contributed by atoms with Crippen molar-refractivity contribution in [2.45, 2.75) is 12.8 Å². The number of nitrogens with one attached hydrogen (secondary N) is 2. The zero-order valence-electron chi connectivity index (χ0n) is 15.5. The van der Waals surface area contributed by atoms with E-state index < -0.39 is 0 Å². The Morgan fingerprint density at radius 1 is 0.929 bits per heavy atom. The van der Waals surface area contributed by atoms with Gasteiger partial charge in [-0.15, -0.1) is 0 Å². The SMILES string of the molecule is COc1ccc(NC(=O)c2ccc(NC(=O)CCc3cccnc3)cc2)cc1. The van der Waals surface area contributed by atoms with E-state index in [0.717, 1.165) is 11.3 Å². The molecule has 1 aromatic heterocycles. The molecule has 0 radical (unpaired) electrons. The Bertz CT molecular complexity index is 924. The molecule has 6 nitrogen and oxygen atoms in total. The first kappa shape index (κ1) is 19.1. The molecule has 0 fully saturated rings. The molecule has 6 heteroatoms. The number of aromatic nitrogens is 1. The summed E-state index contributed by atoms with van der Waals surface area (Å²) in [4.78, 5) is 28.4. The van der Waals surface area contributed by atoms with E-state index in [-0.39, 0.29) is 11.8 Å². The fourth-order valence-electron chi connectivity index (χ4n) is 2.61. The van der Waals surface area contributed by atoms with Crippen molar-refractivity contribution in [2.24, 2.45) is 0 Å². The molecule has 28 heavy (non-hydrogen) atoms. The lowest BCUT2D eigenvalue weighted by Gasteiger charge is -2.08. The number of benzene rings is 2. The minimum atomic E-state index is -0.223. The molecule has 2 aromatic carbocycles. The Kier molecular flexibility index (Phi) is 6.36. The Labute approximate surface area is 163 Å². The zero-order valence-corrected chi connectivity index (χ0v) is 15.5. The number of aryl methyl sites for hydroxylation is 1. The normalized spacial score (nSPS) is 10.2. The van der Waals surface area contributed by atoms with Crippen LogP contribution in [0, 0.1) is 0 Å². The van der Waals surface area contributed by atoms with Crippen LogP contribution in [-0.4, -0.2) is 23.9 Å². The Balaban J connectivity index is 1.52. The molecule has 3 aromatic rings. The van der Waals surface area contributed by atoms with E-state index in [1.807, 2.05) is 12.1 Å². The van der Waals surface area contributed by atoms with Crippen LogP contribution in [0.3, 0.4) is 0 Å². The van der Waals surface area contributed by atoms with Crippen LogP contribution in [0.25, 0.3) is 0 Å². The second-order valence-electron chi connectivity index (χ2n) is 6.17. The van der Waals surface area contributed by atoms with Crippen LogP contribution in [0.4, 0.5) is 11.4 Å². The minimum Gasteiger partial charge on any atom is -0.497 e. The van der Waals surface area contributed by atoms with Gasteiger partial charge in [-0.3, -0.25) is 14.6 Å². The van der Waals surface area contributed by atoms with Crippen LogP contribution in [0.1, 0.15) is 22.3 Å². The van der Waals surface area contributed by atoms with E-state index in [1.165, 1.54) is 0 Å². The molecule has 0 saturated heterocycles. The molecule has 2 N–H and O–H groups in total. The maximum absolute atomic E-state index is 12.3. The molecule has 2 amide bonds. The van der Waals surface area contributed by atoms with E-state index in [4.69, 9.17) is 4.74 Å². The van der Waals surface area contributed by atoms with Crippen molar-refractivity contribution in [2.75, 3.05) is 17.7 Å². The summed E-state index contributed by atoms with van der Waals surface area (Å²) in [5, 5.41) is 5.66. The fraction of sp³-hybridized carbons (Fsp3) is 0.136. The minimum absolute atomic E-state index is 0.0840. The number of amides is 2. The first-order valence-electron chi connectivity index (χ1n) is 8.88. The van der Waals surface area contributed by atoms with Gasteiger partial charge < -0.3 is 15.4 Å². The van der Waals surface area contributed by atoms with Gasteiger partial charge in [-0.25, -0.2) is 0 Å². The first-order valence-corrected chi connectivity index (χ1v) is 8.88. The van der Waals surface area contributed by atoms with Gasteiger partial charge in [0.05, 0.1) is 7.11 Å². The lowest BCUT2D eigenvalue weighted by Crippen LogP contribution is -2.14. The van der Waals surface area contributed by atoms with Gasteiger partial charge >= 0.3 is 0 Å². The van der Waals surface area contributed by atoms with Crippen LogP contribution in [0.2, 0.25) is 0 Å². The number of anilines is 2. The molecule has 0 unspecified atom stereocenters. The average molecular weight is 375 g/mol. The van der Waals surface area contributed by atoms with E-state index in [1.54, 1.807) is 68.0 Å². The van der Waals surface area contributed by atoms with E-state index in [9.17, 15) is 9.59 Å². The second kappa shape index (κ2) is 9.32. The maximum atomic E-state index is 12.3. The molecule has 0 saturated carbocycles. The molecule has 1 heterocycles.